The first-order chi connectivity index (χ1) is 7.09. The first-order valence-electron chi connectivity index (χ1n) is 5.26. The number of hydrogen-bond acceptors (Lipinski definition) is 3. The van der Waals surface area contributed by atoms with Gasteiger partial charge in [-0.3, -0.25) is 0 Å². The van der Waals surface area contributed by atoms with Crippen LogP contribution in [-0.4, -0.2) is 11.7 Å². The van der Waals surface area contributed by atoms with Crippen molar-refractivity contribution in [2.24, 2.45) is 5.92 Å². The van der Waals surface area contributed by atoms with Gasteiger partial charge in [-0.1, -0.05) is 26.0 Å². The van der Waals surface area contributed by atoms with Gasteiger partial charge in [0, 0.05) is 0 Å². The lowest BCUT2D eigenvalue weighted by molar-refractivity contribution is 0.00408. The van der Waals surface area contributed by atoms with Gasteiger partial charge < -0.3 is 9.94 Å². The number of phenolic OH excluding ortho intramolecular Hbond substituents is 1. The van der Waals surface area contributed by atoms with Crippen LogP contribution < -0.4 is 5.48 Å². The van der Waals surface area contributed by atoms with Gasteiger partial charge in [-0.15, -0.1) is 0 Å². The van der Waals surface area contributed by atoms with Crippen LogP contribution in [0.4, 0.5) is 0 Å². The Balaban J connectivity index is 2.40. The monoisotopic (exact) mass is 209 g/mol. The molecule has 1 aromatic carbocycles. The van der Waals surface area contributed by atoms with Crippen LogP contribution in [0.3, 0.4) is 0 Å². The fourth-order valence-corrected chi connectivity index (χ4v) is 1.17. The fraction of sp³-hybridized carbons (Fsp3) is 0.500. The maximum Gasteiger partial charge on any atom is 0.115 e. The molecule has 0 radical (unpaired) electrons. The lowest BCUT2D eigenvalue weighted by Gasteiger charge is -2.15. The van der Waals surface area contributed by atoms with E-state index in [4.69, 9.17) is 9.94 Å². The second-order valence-electron chi connectivity index (χ2n) is 4.14. The summed E-state index contributed by atoms with van der Waals surface area (Å²) in [5, 5.41) is 9.14. The van der Waals surface area contributed by atoms with Gasteiger partial charge >= 0.3 is 0 Å². The van der Waals surface area contributed by atoms with Gasteiger partial charge in [0.1, 0.15) is 5.75 Å². The predicted octanol–water partition coefficient (Wildman–Crippen LogP) is 2.63. The molecule has 3 nitrogen and oxygen atoms in total. The third-order valence-corrected chi connectivity index (χ3v) is 2.07. The van der Waals surface area contributed by atoms with E-state index in [2.05, 4.69) is 19.3 Å². The standard InChI is InChI=1S/C12H19NO2/c1-9(2)8-15-13-10(3)11-4-6-12(14)7-5-11/h4-7,9-10,13-14H,8H2,1-3H3. The van der Waals surface area contributed by atoms with Crippen LogP contribution in [0.25, 0.3) is 0 Å². The van der Waals surface area contributed by atoms with Crippen LogP contribution in [0.5, 0.6) is 5.75 Å². The Hall–Kier alpha value is -1.06. The molecular formula is C12H19NO2. The molecule has 1 rings (SSSR count). The quantitative estimate of drug-likeness (QED) is 0.732. The SMILES string of the molecule is CC(C)CONC(C)c1ccc(O)cc1. The van der Waals surface area contributed by atoms with Crippen LogP contribution in [0.15, 0.2) is 24.3 Å². The van der Waals surface area contributed by atoms with E-state index in [-0.39, 0.29) is 11.8 Å². The molecule has 0 saturated heterocycles. The Morgan fingerprint density at radius 3 is 2.33 bits per heavy atom. The third kappa shape index (κ3) is 4.32. The summed E-state index contributed by atoms with van der Waals surface area (Å²) in [7, 11) is 0. The number of aromatic hydroxyl groups is 1. The fourth-order valence-electron chi connectivity index (χ4n) is 1.17. The van der Waals surface area contributed by atoms with Gasteiger partial charge in [0.2, 0.25) is 0 Å². The molecule has 0 fully saturated rings. The Bertz CT molecular complexity index is 282. The minimum absolute atomic E-state index is 0.129. The lowest BCUT2D eigenvalue weighted by atomic mass is 10.1. The van der Waals surface area contributed by atoms with E-state index in [1.807, 2.05) is 19.1 Å². The van der Waals surface area contributed by atoms with Gasteiger partial charge in [-0.25, -0.2) is 0 Å². The number of nitrogens with one attached hydrogen (secondary N) is 1. The van der Waals surface area contributed by atoms with Gasteiger partial charge in [-0.2, -0.15) is 5.48 Å². The summed E-state index contributed by atoms with van der Waals surface area (Å²) in [6, 6.07) is 7.24. The van der Waals surface area contributed by atoms with Crippen molar-refractivity contribution in [3.8, 4) is 5.75 Å². The summed E-state index contributed by atoms with van der Waals surface area (Å²) in [5.41, 5.74) is 4.06. The largest absolute Gasteiger partial charge is 0.508 e. The van der Waals surface area contributed by atoms with E-state index in [0.29, 0.717) is 12.5 Å². The minimum Gasteiger partial charge on any atom is -0.508 e. The zero-order valence-corrected chi connectivity index (χ0v) is 9.53. The second kappa shape index (κ2) is 5.73. The third-order valence-electron chi connectivity index (χ3n) is 2.07. The molecule has 3 heteroatoms. The Kier molecular flexibility index (Phi) is 4.59. The molecule has 1 atom stereocenters. The number of benzene rings is 1. The van der Waals surface area contributed by atoms with Crippen LogP contribution in [-0.2, 0) is 4.84 Å². The Labute approximate surface area is 91.0 Å². The molecule has 0 saturated carbocycles. The summed E-state index contributed by atoms with van der Waals surface area (Å²) in [5.74, 6) is 0.804. The molecule has 84 valence electrons. The zero-order chi connectivity index (χ0) is 11.3. The van der Waals surface area contributed by atoms with Gasteiger partial charge in [-0.05, 0) is 30.5 Å². The molecule has 1 aromatic rings. The highest BCUT2D eigenvalue weighted by Crippen LogP contribution is 2.16. The van der Waals surface area contributed by atoms with E-state index in [1.165, 1.54) is 0 Å². The minimum atomic E-state index is 0.129. The molecule has 0 bridgehead atoms. The lowest BCUT2D eigenvalue weighted by Crippen LogP contribution is -2.21. The molecular weight excluding hydrogens is 190 g/mol. The van der Waals surface area contributed by atoms with Gasteiger partial charge in [0.15, 0.2) is 0 Å². The number of hydrogen-bond donors (Lipinski definition) is 2. The molecule has 0 aromatic heterocycles. The molecule has 0 aliphatic rings. The molecule has 0 aliphatic carbocycles. The maximum absolute atomic E-state index is 9.14. The summed E-state index contributed by atoms with van der Waals surface area (Å²) < 4.78 is 0. The first-order valence-corrected chi connectivity index (χ1v) is 5.26. The number of rotatable bonds is 5. The van der Waals surface area contributed by atoms with Crippen molar-refractivity contribution in [2.45, 2.75) is 26.8 Å². The predicted molar refractivity (Wildman–Crippen MR) is 60.4 cm³/mol. The molecule has 0 heterocycles. The van der Waals surface area contributed by atoms with E-state index >= 15 is 0 Å². The molecule has 0 aliphatic heterocycles. The van der Waals surface area contributed by atoms with Crippen LogP contribution in [0.1, 0.15) is 32.4 Å². The summed E-state index contributed by atoms with van der Waals surface area (Å²) in [6.07, 6.45) is 0. The molecule has 15 heavy (non-hydrogen) atoms. The van der Waals surface area contributed by atoms with Crippen LogP contribution in [0.2, 0.25) is 0 Å². The molecule has 0 amide bonds. The summed E-state index contributed by atoms with van der Waals surface area (Å²) in [6.45, 7) is 6.93. The van der Waals surface area contributed by atoms with E-state index in [0.717, 1.165) is 5.56 Å². The van der Waals surface area contributed by atoms with E-state index < -0.39 is 0 Å². The number of phenols is 1. The Morgan fingerprint density at radius 2 is 1.80 bits per heavy atom. The van der Waals surface area contributed by atoms with Crippen LogP contribution in [0, 0.1) is 5.92 Å². The normalized spacial score (nSPS) is 13.1. The first kappa shape index (κ1) is 12.0. The summed E-state index contributed by atoms with van der Waals surface area (Å²) in [4.78, 5) is 5.33. The zero-order valence-electron chi connectivity index (χ0n) is 9.53. The Morgan fingerprint density at radius 1 is 1.20 bits per heavy atom. The number of hydroxylamine groups is 1. The van der Waals surface area contributed by atoms with E-state index in [1.54, 1.807) is 12.1 Å². The topological polar surface area (TPSA) is 41.5 Å². The van der Waals surface area contributed by atoms with Crippen molar-refractivity contribution in [3.05, 3.63) is 29.8 Å². The highest BCUT2D eigenvalue weighted by Gasteiger charge is 2.04. The maximum atomic E-state index is 9.14. The van der Waals surface area contributed by atoms with Crippen molar-refractivity contribution in [1.82, 2.24) is 5.48 Å². The molecule has 1 unspecified atom stereocenters. The average molecular weight is 209 g/mol. The second-order valence-corrected chi connectivity index (χ2v) is 4.14. The smallest absolute Gasteiger partial charge is 0.115 e. The molecule has 0 spiro atoms. The van der Waals surface area contributed by atoms with Gasteiger partial charge in [0.05, 0.1) is 12.6 Å². The van der Waals surface area contributed by atoms with Crippen molar-refractivity contribution in [3.63, 3.8) is 0 Å². The van der Waals surface area contributed by atoms with Crippen molar-refractivity contribution in [1.29, 1.82) is 0 Å². The highest BCUT2D eigenvalue weighted by atomic mass is 16.6. The van der Waals surface area contributed by atoms with E-state index in [9.17, 15) is 0 Å². The van der Waals surface area contributed by atoms with Crippen molar-refractivity contribution in [2.75, 3.05) is 6.61 Å². The summed E-state index contributed by atoms with van der Waals surface area (Å²) >= 11 is 0. The van der Waals surface area contributed by atoms with Crippen LogP contribution >= 0.6 is 0 Å². The highest BCUT2D eigenvalue weighted by molar-refractivity contribution is 5.27. The average Bonchev–Trinajstić information content (AvgIpc) is 2.18. The van der Waals surface area contributed by atoms with Gasteiger partial charge in [0.25, 0.3) is 0 Å². The van der Waals surface area contributed by atoms with Crippen molar-refractivity contribution >= 4 is 0 Å². The molecule has 2 N–H and O–H groups in total. The van der Waals surface area contributed by atoms with Crippen molar-refractivity contribution < 1.29 is 9.94 Å².